The molecule has 0 spiro atoms. The van der Waals surface area contributed by atoms with Crippen molar-refractivity contribution in [1.82, 2.24) is 19.8 Å². The number of pyridine rings is 2. The first-order valence-corrected chi connectivity index (χ1v) is 16.2. The fourth-order valence-electron chi connectivity index (χ4n) is 6.50. The summed E-state index contributed by atoms with van der Waals surface area (Å²) in [5, 5.41) is 8.32. The molecule has 7 heteroatoms. The largest absolute Gasteiger partial charge is 3.00 e. The van der Waals surface area contributed by atoms with Gasteiger partial charge in [0.05, 0.1) is 11.2 Å². The fraction of sp³-hybridized carbons (Fsp3) is 0.238. The van der Waals surface area contributed by atoms with Crippen LogP contribution in [0.2, 0.25) is 0 Å². The molecule has 1 aliphatic heterocycles. The number of aromatic carboxylic acids is 1. The van der Waals surface area contributed by atoms with Crippen LogP contribution >= 0.6 is 0 Å². The maximum absolute atomic E-state index is 10.1. The van der Waals surface area contributed by atoms with E-state index in [4.69, 9.17) is 10.1 Å². The minimum atomic E-state index is -0.990. The Morgan fingerprint density at radius 1 is 0.857 bits per heavy atom. The van der Waals surface area contributed by atoms with Gasteiger partial charge in [0.1, 0.15) is 5.69 Å². The summed E-state index contributed by atoms with van der Waals surface area (Å²) in [6, 6.07) is 37.7. The zero-order valence-electron chi connectivity index (χ0n) is 28.9. The molecule has 0 saturated heterocycles. The van der Waals surface area contributed by atoms with Crippen molar-refractivity contribution >= 4 is 5.97 Å². The molecule has 3 heterocycles. The molecule has 7 rings (SSSR count). The second-order valence-corrected chi connectivity index (χ2v) is 14.3. The van der Waals surface area contributed by atoms with E-state index < -0.39 is 11.5 Å². The number of carboxylic acid groups (broad SMARTS) is 1. The van der Waals surface area contributed by atoms with Crippen molar-refractivity contribution in [1.29, 1.82) is 0 Å². The summed E-state index contributed by atoms with van der Waals surface area (Å²) in [4.78, 5) is 23.5. The second-order valence-electron chi connectivity index (χ2n) is 14.3. The minimum absolute atomic E-state index is 0. The standard InChI is InChI=1S/C36H36N3.C6H5NO2.Ir/c1-34(2,3)26-19-20-28-27(23-26)33-29(35(4,5)6)15-11-16-30(33)36(28,39-22-21-38(7)24-39)32-18-12-17-31(37-32)25-13-9-8-10-14-25;8-6(9)5-3-1-2-4-7-5;/h8-13,15,17-24H,1-7H3;1-4H,(H,8,9);/q-3;;+3/t36-;;/m1../s1. The summed E-state index contributed by atoms with van der Waals surface area (Å²) in [5.41, 5.74) is 9.85. The maximum Gasteiger partial charge on any atom is 3.00 e. The number of rotatable bonds is 4. The summed E-state index contributed by atoms with van der Waals surface area (Å²) in [6.07, 6.45) is 5.71. The quantitative estimate of drug-likeness (QED) is 0.183. The summed E-state index contributed by atoms with van der Waals surface area (Å²) >= 11 is 0. The van der Waals surface area contributed by atoms with Crippen molar-refractivity contribution in [2.75, 3.05) is 7.05 Å². The monoisotopic (exact) mass is 826 g/mol. The Balaban J connectivity index is 0.000000409. The van der Waals surface area contributed by atoms with Gasteiger partial charge in [0, 0.05) is 6.20 Å². The van der Waals surface area contributed by atoms with Crippen molar-refractivity contribution in [2.45, 2.75) is 57.9 Å². The molecule has 1 atom stereocenters. The second kappa shape index (κ2) is 13.7. The van der Waals surface area contributed by atoms with Gasteiger partial charge in [-0.25, -0.2) is 9.78 Å². The average Bonchev–Trinajstić information content (AvgIpc) is 3.64. The molecule has 0 fully saturated rings. The van der Waals surface area contributed by atoms with Gasteiger partial charge in [0.25, 0.3) is 0 Å². The van der Waals surface area contributed by atoms with E-state index in [1.54, 1.807) is 12.1 Å². The Labute approximate surface area is 303 Å². The van der Waals surface area contributed by atoms with Crippen LogP contribution in [0, 0.1) is 18.8 Å². The van der Waals surface area contributed by atoms with Crippen molar-refractivity contribution in [3.8, 4) is 22.4 Å². The molecule has 0 amide bonds. The number of hydrogen-bond donors (Lipinski definition) is 1. The molecule has 2 aliphatic rings. The third kappa shape index (κ3) is 6.70. The predicted molar refractivity (Wildman–Crippen MR) is 191 cm³/mol. The first-order chi connectivity index (χ1) is 22.8. The zero-order valence-corrected chi connectivity index (χ0v) is 31.3. The van der Waals surface area contributed by atoms with E-state index in [1.165, 1.54) is 40.1 Å². The summed E-state index contributed by atoms with van der Waals surface area (Å²) in [6.45, 7) is 15.9. The van der Waals surface area contributed by atoms with E-state index in [9.17, 15) is 4.79 Å². The topological polar surface area (TPSA) is 69.6 Å². The van der Waals surface area contributed by atoms with Gasteiger partial charge in [-0.1, -0.05) is 83.5 Å². The number of carboxylic acids is 1. The van der Waals surface area contributed by atoms with Crippen LogP contribution < -0.4 is 0 Å². The average molecular weight is 826 g/mol. The van der Waals surface area contributed by atoms with Crippen molar-refractivity contribution in [3.63, 3.8) is 0 Å². The van der Waals surface area contributed by atoms with Gasteiger partial charge < -0.3 is 14.9 Å². The van der Waals surface area contributed by atoms with Crippen LogP contribution in [0.4, 0.5) is 0 Å². The third-order valence-electron chi connectivity index (χ3n) is 8.86. The van der Waals surface area contributed by atoms with Crippen LogP contribution in [0.1, 0.15) is 80.0 Å². The van der Waals surface area contributed by atoms with Gasteiger partial charge in [-0.15, -0.1) is 52.6 Å². The summed E-state index contributed by atoms with van der Waals surface area (Å²) in [7, 11) is 2.07. The molecular formula is C42H41IrN4O2. The molecule has 5 aromatic rings. The molecule has 6 nitrogen and oxygen atoms in total. The van der Waals surface area contributed by atoms with Gasteiger partial charge in [-0.2, -0.15) is 24.9 Å². The number of nitrogens with zero attached hydrogens (tertiary/aromatic N) is 4. The van der Waals surface area contributed by atoms with E-state index >= 15 is 0 Å². The molecule has 0 radical (unpaired) electrons. The normalized spacial score (nSPS) is 16.3. The van der Waals surface area contributed by atoms with E-state index in [1.807, 2.05) is 18.2 Å². The Kier molecular flexibility index (Phi) is 10.0. The molecule has 250 valence electrons. The van der Waals surface area contributed by atoms with Crippen molar-refractivity contribution in [2.24, 2.45) is 0 Å². The SMILES string of the molecule is CN1C=CN([C@@]2(c3cccc(-c4[c-]cccc4)n3)c3[c-]ccc(C(C)(C)C)c3-c3cc(C(C)(C)C)ccc32)[CH-]1.O=C(O)c1ccccn1.[Ir+3]. The number of hydrogen-bond acceptors (Lipinski definition) is 5. The first-order valence-electron chi connectivity index (χ1n) is 16.2. The van der Waals surface area contributed by atoms with Gasteiger partial charge in [0.15, 0.2) is 0 Å². The van der Waals surface area contributed by atoms with Crippen LogP contribution in [0.3, 0.4) is 0 Å². The van der Waals surface area contributed by atoms with E-state index in [0.29, 0.717) is 0 Å². The number of aromatic nitrogens is 2. The predicted octanol–water partition coefficient (Wildman–Crippen LogP) is 8.83. The third-order valence-corrected chi connectivity index (χ3v) is 8.86. The van der Waals surface area contributed by atoms with Crippen LogP contribution in [-0.4, -0.2) is 37.9 Å². The first kappa shape index (κ1) is 35.7. The van der Waals surface area contributed by atoms with Gasteiger partial charge >= 0.3 is 26.1 Å². The van der Waals surface area contributed by atoms with Crippen molar-refractivity contribution in [3.05, 3.63) is 162 Å². The zero-order chi connectivity index (χ0) is 34.3. The molecule has 3 aromatic carbocycles. The maximum atomic E-state index is 10.1. The number of benzene rings is 3. The molecular weight excluding hydrogens is 785 g/mol. The van der Waals surface area contributed by atoms with Crippen LogP contribution in [0.25, 0.3) is 22.4 Å². The van der Waals surface area contributed by atoms with Crippen LogP contribution in [-0.2, 0) is 36.5 Å². The smallest absolute Gasteiger partial charge is 0.511 e. The molecule has 0 unspecified atom stereocenters. The van der Waals surface area contributed by atoms with Gasteiger partial charge in [-0.3, -0.25) is 4.98 Å². The fourth-order valence-corrected chi connectivity index (χ4v) is 6.50. The molecule has 49 heavy (non-hydrogen) atoms. The molecule has 1 aliphatic carbocycles. The Hall–Kier alpha value is -4.58. The molecule has 2 aromatic heterocycles. The van der Waals surface area contributed by atoms with Gasteiger partial charge in [0.2, 0.25) is 0 Å². The van der Waals surface area contributed by atoms with Crippen LogP contribution in [0.15, 0.2) is 110 Å². The minimum Gasteiger partial charge on any atom is -0.511 e. The van der Waals surface area contributed by atoms with E-state index in [0.717, 1.165) is 22.5 Å². The van der Waals surface area contributed by atoms with E-state index in [-0.39, 0.29) is 36.6 Å². The number of carbonyl (C=O) groups is 1. The number of fused-ring (bicyclic) bond motifs is 3. The molecule has 1 N–H and O–H groups in total. The Bertz CT molecular complexity index is 1980. The van der Waals surface area contributed by atoms with Gasteiger partial charge in [-0.05, 0) is 65.3 Å². The molecule has 0 saturated carbocycles. The Morgan fingerprint density at radius 2 is 1.63 bits per heavy atom. The Morgan fingerprint density at radius 3 is 2.22 bits per heavy atom. The van der Waals surface area contributed by atoms with Crippen LogP contribution in [0.5, 0.6) is 0 Å². The summed E-state index contributed by atoms with van der Waals surface area (Å²) < 4.78 is 0. The van der Waals surface area contributed by atoms with E-state index in [2.05, 4.69) is 149 Å². The summed E-state index contributed by atoms with van der Waals surface area (Å²) in [5.74, 6) is -0.990. The molecule has 0 bridgehead atoms. The van der Waals surface area contributed by atoms with Crippen molar-refractivity contribution < 1.29 is 30.0 Å².